The van der Waals surface area contributed by atoms with Crippen LogP contribution in [0, 0.1) is 0 Å². The number of hydrogen-bond donors (Lipinski definition) is 3. The van der Waals surface area contributed by atoms with Crippen molar-refractivity contribution in [2.24, 2.45) is 0 Å². The van der Waals surface area contributed by atoms with Gasteiger partial charge in [0.05, 0.1) is 13.2 Å². The largest absolute Gasteiger partial charge is 0.494 e. The molecule has 1 aromatic carbocycles. The molecule has 0 radical (unpaired) electrons. The number of carbonyl (C=O) groups is 2. The molecule has 8 nitrogen and oxygen atoms in total. The van der Waals surface area contributed by atoms with Crippen LogP contribution < -0.4 is 10.6 Å². The molecule has 1 aromatic heterocycles. The van der Waals surface area contributed by atoms with Crippen LogP contribution in [0.5, 0.6) is 5.88 Å². The summed E-state index contributed by atoms with van der Waals surface area (Å²) in [6, 6.07) is 4.51. The minimum absolute atomic E-state index is 0.0210. The highest BCUT2D eigenvalue weighted by Crippen LogP contribution is 2.35. The molecule has 4 rings (SSSR count). The summed E-state index contributed by atoms with van der Waals surface area (Å²) in [5, 5.41) is 17.3. The summed E-state index contributed by atoms with van der Waals surface area (Å²) < 4.78 is 12.9. The number of fused-ring (bicyclic) bond motifs is 1. The molecule has 2 aliphatic rings. The summed E-state index contributed by atoms with van der Waals surface area (Å²) in [7, 11) is 0. The molecule has 26 heavy (non-hydrogen) atoms. The fourth-order valence-corrected chi connectivity index (χ4v) is 3.65. The third-order valence-corrected chi connectivity index (χ3v) is 5.00. The number of hydrogen-bond acceptors (Lipinski definition) is 5. The number of nitrogens with zero attached hydrogens (tertiary/aromatic N) is 1. The van der Waals surface area contributed by atoms with Gasteiger partial charge in [-0.2, -0.15) is 0 Å². The van der Waals surface area contributed by atoms with Crippen molar-refractivity contribution in [3.63, 3.8) is 0 Å². The number of aromatic hydroxyl groups is 1. The van der Waals surface area contributed by atoms with Crippen LogP contribution >= 0.6 is 11.6 Å². The summed E-state index contributed by atoms with van der Waals surface area (Å²) in [5.41, 5.74) is -1.40. The van der Waals surface area contributed by atoms with Gasteiger partial charge < -0.3 is 24.5 Å². The summed E-state index contributed by atoms with van der Waals surface area (Å²) in [6.45, 7) is 3.58. The molecule has 3 N–H and O–H groups in total. The van der Waals surface area contributed by atoms with Gasteiger partial charge in [-0.05, 0) is 26.0 Å². The molecule has 138 valence electrons. The number of urea groups is 1. The Hall–Kier alpha value is -2.29. The fraction of sp³-hybridized carbons (Fsp3) is 0.412. The lowest BCUT2D eigenvalue weighted by Crippen LogP contribution is -2.60. The zero-order chi connectivity index (χ0) is 18.7. The molecule has 9 heteroatoms. The molecule has 2 aromatic rings. The summed E-state index contributed by atoms with van der Waals surface area (Å²) in [6.07, 6.45) is 0.985. The second kappa shape index (κ2) is 5.60. The van der Waals surface area contributed by atoms with E-state index in [0.717, 1.165) is 5.39 Å². The topological polar surface area (TPSA) is 102 Å². The predicted octanol–water partition coefficient (Wildman–Crippen LogP) is 1.73. The monoisotopic (exact) mass is 379 g/mol. The molecule has 2 saturated heterocycles. The first kappa shape index (κ1) is 17.1. The molecular formula is C17H18ClN3O5. The molecular weight excluding hydrogens is 362 g/mol. The van der Waals surface area contributed by atoms with Gasteiger partial charge in [-0.3, -0.25) is 10.1 Å². The lowest BCUT2D eigenvalue weighted by Gasteiger charge is -2.32. The van der Waals surface area contributed by atoms with Gasteiger partial charge in [-0.15, -0.1) is 0 Å². The zero-order valence-corrected chi connectivity index (χ0v) is 15.0. The molecule has 0 aliphatic carbocycles. The average molecular weight is 380 g/mol. The number of benzene rings is 1. The van der Waals surface area contributed by atoms with E-state index in [-0.39, 0.29) is 19.0 Å². The minimum atomic E-state index is -1.40. The van der Waals surface area contributed by atoms with Gasteiger partial charge in [0.1, 0.15) is 6.10 Å². The fourth-order valence-electron chi connectivity index (χ4n) is 3.48. The van der Waals surface area contributed by atoms with Crippen molar-refractivity contribution in [3.8, 4) is 5.88 Å². The van der Waals surface area contributed by atoms with E-state index in [2.05, 4.69) is 10.6 Å². The van der Waals surface area contributed by atoms with Crippen LogP contribution in [0.15, 0.2) is 24.4 Å². The third kappa shape index (κ3) is 2.61. The molecule has 0 bridgehead atoms. The van der Waals surface area contributed by atoms with E-state index in [1.54, 1.807) is 38.2 Å². The van der Waals surface area contributed by atoms with Gasteiger partial charge in [0, 0.05) is 22.0 Å². The van der Waals surface area contributed by atoms with E-state index in [9.17, 15) is 14.7 Å². The van der Waals surface area contributed by atoms with Gasteiger partial charge in [-0.1, -0.05) is 17.7 Å². The molecule has 2 fully saturated rings. The van der Waals surface area contributed by atoms with Crippen LogP contribution in [0.2, 0.25) is 5.02 Å². The Kier molecular flexibility index (Phi) is 3.69. The minimum Gasteiger partial charge on any atom is -0.494 e. The Morgan fingerprint density at radius 1 is 1.38 bits per heavy atom. The van der Waals surface area contributed by atoms with Gasteiger partial charge in [0.2, 0.25) is 0 Å². The van der Waals surface area contributed by atoms with Crippen molar-refractivity contribution < 1.29 is 24.2 Å². The maximum atomic E-state index is 12.6. The number of ether oxygens (including phenoxy) is 2. The highest BCUT2D eigenvalue weighted by molar-refractivity contribution is 6.31. The highest BCUT2D eigenvalue weighted by atomic mass is 35.5. The molecule has 0 saturated carbocycles. The first-order chi connectivity index (χ1) is 12.2. The predicted molar refractivity (Wildman–Crippen MR) is 92.9 cm³/mol. The quantitative estimate of drug-likeness (QED) is 0.705. The Bertz CT molecular complexity index is 925. The molecule has 3 amide bonds. The lowest BCUT2D eigenvalue weighted by atomic mass is 9.92. The number of halogens is 1. The van der Waals surface area contributed by atoms with E-state index in [4.69, 9.17) is 21.1 Å². The normalized spacial score (nSPS) is 27.7. The van der Waals surface area contributed by atoms with Crippen molar-refractivity contribution in [3.05, 3.63) is 29.4 Å². The lowest BCUT2D eigenvalue weighted by molar-refractivity contribution is -0.154. The number of carbonyl (C=O) groups excluding carboxylic acids is 2. The van der Waals surface area contributed by atoms with E-state index >= 15 is 0 Å². The van der Waals surface area contributed by atoms with Gasteiger partial charge in [0.15, 0.2) is 17.2 Å². The van der Waals surface area contributed by atoms with E-state index in [1.807, 2.05) is 0 Å². The maximum absolute atomic E-state index is 12.6. The van der Waals surface area contributed by atoms with Crippen molar-refractivity contribution in [1.82, 2.24) is 15.2 Å². The molecule has 2 atom stereocenters. The number of amides is 3. The van der Waals surface area contributed by atoms with Gasteiger partial charge in [0.25, 0.3) is 5.91 Å². The first-order valence-corrected chi connectivity index (χ1v) is 8.51. The van der Waals surface area contributed by atoms with E-state index < -0.39 is 29.4 Å². The summed E-state index contributed by atoms with van der Waals surface area (Å²) >= 11 is 6.00. The third-order valence-electron chi connectivity index (χ3n) is 4.77. The summed E-state index contributed by atoms with van der Waals surface area (Å²) in [5.74, 6) is -1.44. The molecule has 2 aliphatic heterocycles. The van der Waals surface area contributed by atoms with Crippen molar-refractivity contribution >= 4 is 34.3 Å². The second-order valence-corrected chi connectivity index (χ2v) is 7.45. The summed E-state index contributed by atoms with van der Waals surface area (Å²) in [4.78, 5) is 24.5. The van der Waals surface area contributed by atoms with Crippen LogP contribution in [0.3, 0.4) is 0 Å². The Morgan fingerprint density at radius 3 is 2.77 bits per heavy atom. The highest BCUT2D eigenvalue weighted by Gasteiger charge is 2.57. The van der Waals surface area contributed by atoms with Crippen LogP contribution in [-0.2, 0) is 20.8 Å². The van der Waals surface area contributed by atoms with Gasteiger partial charge >= 0.3 is 6.03 Å². The number of nitrogens with one attached hydrogen (secondary N) is 2. The van der Waals surface area contributed by atoms with E-state index in [1.165, 1.54) is 4.57 Å². The maximum Gasteiger partial charge on any atom is 0.322 e. The number of rotatable bonds is 3. The van der Waals surface area contributed by atoms with Crippen molar-refractivity contribution in [1.29, 1.82) is 0 Å². The zero-order valence-electron chi connectivity index (χ0n) is 14.2. The van der Waals surface area contributed by atoms with Crippen LogP contribution in [0.1, 0.15) is 13.8 Å². The van der Waals surface area contributed by atoms with Crippen molar-refractivity contribution in [2.45, 2.75) is 37.8 Å². The molecule has 0 unspecified atom stereocenters. The Labute approximate surface area is 154 Å². The Morgan fingerprint density at radius 2 is 2.15 bits per heavy atom. The van der Waals surface area contributed by atoms with E-state index in [0.29, 0.717) is 10.4 Å². The van der Waals surface area contributed by atoms with Crippen LogP contribution in [0.4, 0.5) is 4.79 Å². The van der Waals surface area contributed by atoms with Crippen LogP contribution in [0.25, 0.3) is 10.8 Å². The molecule has 3 heterocycles. The number of imide groups is 1. The number of aromatic nitrogens is 1. The SMILES string of the molecule is CC1(C)OC[C@@H]([C@@]2(Cn3cc4ccc(Cl)cc4c3O)NC(=O)NC2=O)O1. The first-order valence-electron chi connectivity index (χ1n) is 8.13. The Balaban J connectivity index is 1.76. The molecule has 0 spiro atoms. The van der Waals surface area contributed by atoms with Gasteiger partial charge in [-0.25, -0.2) is 4.79 Å². The van der Waals surface area contributed by atoms with Crippen LogP contribution in [-0.4, -0.2) is 45.6 Å². The van der Waals surface area contributed by atoms with Crippen molar-refractivity contribution in [2.75, 3.05) is 6.61 Å². The second-order valence-electron chi connectivity index (χ2n) is 7.01. The smallest absolute Gasteiger partial charge is 0.322 e. The average Bonchev–Trinajstić information content (AvgIpc) is 3.16. The standard InChI is InChI=1S/C17H18ClN3O5/c1-16(2)25-7-12(26-16)17(14(23)19-15(24)20-17)8-21-6-9-3-4-10(18)5-11(9)13(21)22/h3-6,12,22H,7-8H2,1-2H3,(H2,19,20,23,24)/t12-,17+/m0/s1.